The van der Waals surface area contributed by atoms with Crippen molar-refractivity contribution >= 4 is 11.7 Å². The first kappa shape index (κ1) is 16.5. The minimum Gasteiger partial charge on any atom is -0.383 e. The van der Waals surface area contributed by atoms with Gasteiger partial charge in [-0.15, -0.1) is 0 Å². The minimum atomic E-state index is 0.357. The highest BCUT2D eigenvalue weighted by molar-refractivity contribution is 6.42. The van der Waals surface area contributed by atoms with Crippen LogP contribution in [-0.4, -0.2) is 61.2 Å². The minimum absolute atomic E-state index is 0.357. The molecule has 0 aromatic heterocycles. The van der Waals surface area contributed by atoms with Crippen molar-refractivity contribution in [1.29, 1.82) is 0 Å². The van der Waals surface area contributed by atoms with Gasteiger partial charge < -0.3 is 15.5 Å². The van der Waals surface area contributed by atoms with E-state index in [0.29, 0.717) is 12.6 Å². The number of rotatable bonds is 4. The van der Waals surface area contributed by atoms with E-state index >= 15 is 0 Å². The van der Waals surface area contributed by atoms with Crippen LogP contribution in [0.5, 0.6) is 0 Å². The normalized spacial score (nSPS) is 23.3. The van der Waals surface area contributed by atoms with Crippen molar-refractivity contribution < 1.29 is 0 Å². The lowest BCUT2D eigenvalue weighted by molar-refractivity contribution is 0.459. The first-order chi connectivity index (χ1) is 11.7. The maximum absolute atomic E-state index is 4.92. The van der Waals surface area contributed by atoms with Crippen molar-refractivity contribution in [2.45, 2.75) is 18.9 Å². The van der Waals surface area contributed by atoms with Crippen molar-refractivity contribution in [3.8, 4) is 0 Å². The van der Waals surface area contributed by atoms with E-state index in [4.69, 9.17) is 4.99 Å². The average Bonchev–Trinajstić information content (AvgIpc) is 2.60. The van der Waals surface area contributed by atoms with Gasteiger partial charge in [0.1, 0.15) is 0 Å². The van der Waals surface area contributed by atoms with Crippen LogP contribution in [0.4, 0.5) is 0 Å². The Kier molecular flexibility index (Phi) is 5.15. The predicted molar refractivity (Wildman–Crippen MR) is 99.8 cm³/mol. The molecule has 3 aliphatic heterocycles. The van der Waals surface area contributed by atoms with Crippen LogP contribution in [0.1, 0.15) is 12.8 Å². The first-order valence-corrected chi connectivity index (χ1v) is 8.46. The molecule has 24 heavy (non-hydrogen) atoms. The summed E-state index contributed by atoms with van der Waals surface area (Å²) in [6, 6.07) is 0.357. The van der Waals surface area contributed by atoms with E-state index in [1.807, 2.05) is 37.5 Å². The SMILES string of the molecule is C=C/C(=C\N(C)C)C1=CCN=C2C(=NC3CCNCC3)NC=CN12. The third-order valence-corrected chi connectivity index (χ3v) is 4.20. The van der Waals surface area contributed by atoms with E-state index in [-0.39, 0.29) is 0 Å². The summed E-state index contributed by atoms with van der Waals surface area (Å²) in [7, 11) is 4.03. The Bertz CT molecular complexity index is 632. The second-order valence-corrected chi connectivity index (χ2v) is 6.29. The van der Waals surface area contributed by atoms with E-state index in [0.717, 1.165) is 48.9 Å². The van der Waals surface area contributed by atoms with Crippen LogP contribution in [-0.2, 0) is 0 Å². The van der Waals surface area contributed by atoms with Gasteiger partial charge >= 0.3 is 0 Å². The number of fused-ring (bicyclic) bond motifs is 1. The largest absolute Gasteiger partial charge is 0.383 e. The molecule has 0 atom stereocenters. The molecule has 0 spiro atoms. The second kappa shape index (κ2) is 7.49. The zero-order chi connectivity index (χ0) is 16.9. The van der Waals surface area contributed by atoms with Gasteiger partial charge in [-0.2, -0.15) is 0 Å². The first-order valence-electron chi connectivity index (χ1n) is 8.46. The smallest absolute Gasteiger partial charge is 0.176 e. The van der Waals surface area contributed by atoms with Gasteiger partial charge in [0, 0.05) is 38.3 Å². The number of aliphatic imine (C=N–C) groups is 2. The summed E-state index contributed by atoms with van der Waals surface area (Å²) in [6.07, 6.45) is 12.1. The molecule has 0 unspecified atom stereocenters. The Hall–Kier alpha value is -2.34. The fraction of sp³-hybridized carbons (Fsp3) is 0.444. The van der Waals surface area contributed by atoms with Crippen molar-refractivity contribution in [2.24, 2.45) is 9.98 Å². The topological polar surface area (TPSA) is 55.3 Å². The summed E-state index contributed by atoms with van der Waals surface area (Å²) in [4.78, 5) is 13.7. The van der Waals surface area contributed by atoms with Crippen LogP contribution in [0.3, 0.4) is 0 Å². The molecule has 1 fully saturated rings. The highest BCUT2D eigenvalue weighted by Gasteiger charge is 2.26. The lowest BCUT2D eigenvalue weighted by Gasteiger charge is -2.33. The molecule has 0 aromatic rings. The van der Waals surface area contributed by atoms with Crippen LogP contribution in [0.15, 0.2) is 58.6 Å². The summed E-state index contributed by atoms with van der Waals surface area (Å²) >= 11 is 0. The van der Waals surface area contributed by atoms with Crippen molar-refractivity contribution in [1.82, 2.24) is 20.4 Å². The molecule has 3 aliphatic rings. The molecule has 0 aromatic carbocycles. The lowest BCUT2D eigenvalue weighted by atomic mass is 10.1. The molecule has 6 heteroatoms. The molecule has 6 nitrogen and oxygen atoms in total. The van der Waals surface area contributed by atoms with E-state index in [9.17, 15) is 0 Å². The number of nitrogens with one attached hydrogen (secondary N) is 2. The summed E-state index contributed by atoms with van der Waals surface area (Å²) in [6.45, 7) is 6.68. The number of amidine groups is 2. The Morgan fingerprint density at radius 2 is 2.21 bits per heavy atom. The monoisotopic (exact) mass is 326 g/mol. The number of nitrogens with zero attached hydrogens (tertiary/aromatic N) is 4. The number of piperidine rings is 1. The van der Waals surface area contributed by atoms with Gasteiger partial charge in [0.2, 0.25) is 0 Å². The molecule has 128 valence electrons. The summed E-state index contributed by atoms with van der Waals surface area (Å²) in [5.41, 5.74) is 2.17. The van der Waals surface area contributed by atoms with Crippen molar-refractivity contribution in [3.63, 3.8) is 0 Å². The Morgan fingerprint density at radius 3 is 2.92 bits per heavy atom. The number of allylic oxidation sites excluding steroid dienone is 1. The molecule has 0 amide bonds. The Morgan fingerprint density at radius 1 is 1.42 bits per heavy atom. The van der Waals surface area contributed by atoms with Gasteiger partial charge in [-0.05, 0) is 32.0 Å². The molecule has 3 rings (SSSR count). The second-order valence-electron chi connectivity index (χ2n) is 6.29. The number of hydrogen-bond donors (Lipinski definition) is 2. The van der Waals surface area contributed by atoms with Gasteiger partial charge in [-0.1, -0.05) is 12.7 Å². The highest BCUT2D eigenvalue weighted by Crippen LogP contribution is 2.23. The van der Waals surface area contributed by atoms with Crippen molar-refractivity contribution in [3.05, 3.63) is 48.6 Å². The number of hydrogen-bond acceptors (Lipinski definition) is 5. The van der Waals surface area contributed by atoms with Gasteiger partial charge in [-0.3, -0.25) is 14.9 Å². The van der Waals surface area contributed by atoms with E-state index < -0.39 is 0 Å². The van der Waals surface area contributed by atoms with Crippen LogP contribution in [0.2, 0.25) is 0 Å². The molecule has 2 N–H and O–H groups in total. The van der Waals surface area contributed by atoms with Crippen molar-refractivity contribution in [2.75, 3.05) is 33.7 Å². The maximum Gasteiger partial charge on any atom is 0.176 e. The fourth-order valence-electron chi connectivity index (χ4n) is 3.07. The summed E-state index contributed by atoms with van der Waals surface area (Å²) in [5.74, 6) is 1.75. The fourth-order valence-corrected chi connectivity index (χ4v) is 3.07. The van der Waals surface area contributed by atoms with E-state index in [1.54, 1.807) is 0 Å². The van der Waals surface area contributed by atoms with Gasteiger partial charge in [-0.25, -0.2) is 0 Å². The van der Waals surface area contributed by atoms with Gasteiger partial charge in [0.05, 0.1) is 18.3 Å². The molecule has 3 heterocycles. The Balaban J connectivity index is 1.86. The highest BCUT2D eigenvalue weighted by atomic mass is 15.3. The third-order valence-electron chi connectivity index (χ3n) is 4.20. The van der Waals surface area contributed by atoms with E-state index in [1.165, 1.54) is 0 Å². The average molecular weight is 326 g/mol. The zero-order valence-electron chi connectivity index (χ0n) is 14.5. The molecule has 0 aliphatic carbocycles. The zero-order valence-corrected chi connectivity index (χ0v) is 14.5. The van der Waals surface area contributed by atoms with Gasteiger partial charge in [0.15, 0.2) is 11.7 Å². The lowest BCUT2D eigenvalue weighted by Crippen LogP contribution is -2.45. The summed E-state index contributed by atoms with van der Waals surface area (Å²) in [5, 5.41) is 6.66. The van der Waals surface area contributed by atoms with Crippen LogP contribution in [0.25, 0.3) is 0 Å². The predicted octanol–water partition coefficient (Wildman–Crippen LogP) is 1.44. The van der Waals surface area contributed by atoms with Crippen LogP contribution in [0, 0.1) is 0 Å². The maximum atomic E-state index is 4.92. The van der Waals surface area contributed by atoms with Gasteiger partial charge in [0.25, 0.3) is 0 Å². The molecular weight excluding hydrogens is 300 g/mol. The Labute approximate surface area is 144 Å². The summed E-state index contributed by atoms with van der Waals surface area (Å²) < 4.78 is 0. The quantitative estimate of drug-likeness (QED) is 0.768. The standard InChI is InChI=1S/C18H26N6/c1-4-14(13-23(2)3)16-7-10-21-18-17(20-11-12-24(16)18)22-15-5-8-19-9-6-15/h4,7,11-13,15,19H,1,5-6,8-10H2,2-3H3,(H,20,22)/b14-13+. The molecule has 0 radical (unpaired) electrons. The van der Waals surface area contributed by atoms with E-state index in [2.05, 4.69) is 39.4 Å². The third kappa shape index (κ3) is 3.59. The molecule has 0 bridgehead atoms. The molecular formula is C18H26N6. The molecule has 0 saturated carbocycles. The molecule has 1 saturated heterocycles. The van der Waals surface area contributed by atoms with Crippen LogP contribution >= 0.6 is 0 Å². The van der Waals surface area contributed by atoms with Crippen LogP contribution < -0.4 is 10.6 Å².